The Bertz CT molecular complexity index is 420. The summed E-state index contributed by atoms with van der Waals surface area (Å²) in [5, 5.41) is 3.14. The smallest absolute Gasteiger partial charge is 0.392 e. The first-order valence-corrected chi connectivity index (χ1v) is 6.56. The lowest BCUT2D eigenvalue weighted by Gasteiger charge is -2.15. The monoisotopic (exact) mass is 293 g/mol. The lowest BCUT2D eigenvalue weighted by Crippen LogP contribution is -2.20. The first-order chi connectivity index (χ1) is 9.33. The van der Waals surface area contributed by atoms with Crippen LogP contribution in [0.5, 0.6) is 5.75 Å². The van der Waals surface area contributed by atoms with Crippen molar-refractivity contribution >= 4 is 0 Å². The lowest BCUT2D eigenvalue weighted by molar-refractivity contribution is -0.139. The van der Waals surface area contributed by atoms with E-state index < -0.39 is 25.0 Å². The largest absolute Gasteiger partial charge is 0.493 e. The maximum Gasteiger partial charge on any atom is 0.392 e. The highest BCUT2D eigenvalue weighted by atomic mass is 19.4. The summed E-state index contributed by atoms with van der Waals surface area (Å²) in [6.45, 7) is 4.10. The second-order valence-electron chi connectivity index (χ2n) is 4.57. The predicted octanol–water partition coefficient (Wildman–Crippen LogP) is 4.22. The van der Waals surface area contributed by atoms with Crippen molar-refractivity contribution in [2.45, 2.75) is 38.9 Å². The van der Waals surface area contributed by atoms with Crippen LogP contribution in [0, 0.1) is 5.82 Å². The maximum atomic E-state index is 13.8. The SMILES string of the molecule is CCCNC(C)c1ccc(OCCC(F)(F)F)cc1F. The van der Waals surface area contributed by atoms with Gasteiger partial charge in [0.15, 0.2) is 0 Å². The molecule has 0 radical (unpaired) electrons. The Labute approximate surface area is 116 Å². The molecule has 0 spiro atoms. The number of hydrogen-bond acceptors (Lipinski definition) is 2. The number of benzene rings is 1. The van der Waals surface area contributed by atoms with Gasteiger partial charge < -0.3 is 10.1 Å². The quantitative estimate of drug-likeness (QED) is 0.760. The van der Waals surface area contributed by atoms with Crippen molar-refractivity contribution in [1.82, 2.24) is 5.32 Å². The summed E-state index contributed by atoms with van der Waals surface area (Å²) >= 11 is 0. The van der Waals surface area contributed by atoms with Gasteiger partial charge in [-0.05, 0) is 26.0 Å². The van der Waals surface area contributed by atoms with Crippen LogP contribution in [-0.4, -0.2) is 19.3 Å². The fourth-order valence-corrected chi connectivity index (χ4v) is 1.70. The molecule has 0 amide bonds. The van der Waals surface area contributed by atoms with Crippen LogP contribution in [-0.2, 0) is 0 Å². The summed E-state index contributed by atoms with van der Waals surface area (Å²) < 4.78 is 54.6. The van der Waals surface area contributed by atoms with Crippen LogP contribution in [0.3, 0.4) is 0 Å². The summed E-state index contributed by atoms with van der Waals surface area (Å²) in [6.07, 6.45) is -4.38. The molecule has 0 saturated heterocycles. The van der Waals surface area contributed by atoms with Crippen LogP contribution in [0.4, 0.5) is 17.6 Å². The van der Waals surface area contributed by atoms with Gasteiger partial charge >= 0.3 is 6.18 Å². The molecule has 0 aliphatic heterocycles. The highest BCUT2D eigenvalue weighted by Crippen LogP contribution is 2.24. The fourth-order valence-electron chi connectivity index (χ4n) is 1.70. The standard InChI is InChI=1S/C14H19F4NO/c1-3-7-19-10(2)12-5-4-11(9-13(12)15)20-8-6-14(16,17)18/h4-5,9-10,19H,3,6-8H2,1-2H3. The molecule has 0 fully saturated rings. The molecule has 1 atom stereocenters. The van der Waals surface area contributed by atoms with E-state index in [2.05, 4.69) is 5.32 Å². The molecule has 1 aromatic carbocycles. The van der Waals surface area contributed by atoms with Gasteiger partial charge in [-0.3, -0.25) is 0 Å². The minimum absolute atomic E-state index is 0.109. The van der Waals surface area contributed by atoms with Gasteiger partial charge in [-0.15, -0.1) is 0 Å². The van der Waals surface area contributed by atoms with Gasteiger partial charge in [-0.1, -0.05) is 13.0 Å². The molecular weight excluding hydrogens is 274 g/mol. The zero-order valence-corrected chi connectivity index (χ0v) is 11.6. The molecule has 6 heteroatoms. The van der Waals surface area contributed by atoms with Crippen molar-refractivity contribution in [2.75, 3.05) is 13.2 Å². The molecule has 0 aromatic heterocycles. The zero-order valence-electron chi connectivity index (χ0n) is 11.6. The van der Waals surface area contributed by atoms with E-state index in [0.717, 1.165) is 19.0 Å². The van der Waals surface area contributed by atoms with Crippen molar-refractivity contribution < 1.29 is 22.3 Å². The summed E-state index contributed by atoms with van der Waals surface area (Å²) in [4.78, 5) is 0. The van der Waals surface area contributed by atoms with E-state index in [9.17, 15) is 17.6 Å². The molecule has 0 heterocycles. The van der Waals surface area contributed by atoms with E-state index in [1.807, 2.05) is 13.8 Å². The Morgan fingerprint density at radius 2 is 2.00 bits per heavy atom. The third-order valence-corrected chi connectivity index (χ3v) is 2.79. The lowest BCUT2D eigenvalue weighted by atomic mass is 10.1. The average molecular weight is 293 g/mol. The molecule has 0 bridgehead atoms. The van der Waals surface area contributed by atoms with Crippen molar-refractivity contribution in [3.05, 3.63) is 29.6 Å². The third-order valence-electron chi connectivity index (χ3n) is 2.79. The van der Waals surface area contributed by atoms with Crippen LogP contribution in [0.25, 0.3) is 0 Å². The highest BCUT2D eigenvalue weighted by Gasteiger charge is 2.26. The number of alkyl halides is 3. The number of nitrogens with one attached hydrogen (secondary N) is 1. The third kappa shape index (κ3) is 5.77. The zero-order chi connectivity index (χ0) is 15.2. The molecule has 1 rings (SSSR count). The van der Waals surface area contributed by atoms with E-state index in [0.29, 0.717) is 5.56 Å². The maximum absolute atomic E-state index is 13.8. The van der Waals surface area contributed by atoms with Gasteiger partial charge in [-0.2, -0.15) is 13.2 Å². The Kier molecular flexibility index (Phi) is 6.26. The molecule has 0 aliphatic rings. The van der Waals surface area contributed by atoms with Crippen molar-refractivity contribution in [1.29, 1.82) is 0 Å². The van der Waals surface area contributed by atoms with Crippen molar-refractivity contribution in [3.8, 4) is 5.75 Å². The molecular formula is C14H19F4NO. The van der Waals surface area contributed by atoms with Gasteiger partial charge in [0.05, 0.1) is 13.0 Å². The molecule has 0 aliphatic carbocycles. The summed E-state index contributed by atoms with van der Waals surface area (Å²) in [7, 11) is 0. The topological polar surface area (TPSA) is 21.3 Å². The van der Waals surface area contributed by atoms with Crippen LogP contribution < -0.4 is 10.1 Å². The average Bonchev–Trinajstić information content (AvgIpc) is 2.34. The normalized spacial score (nSPS) is 13.3. The number of halogens is 4. The number of ether oxygens (including phenoxy) is 1. The Morgan fingerprint density at radius 3 is 2.55 bits per heavy atom. The van der Waals surface area contributed by atoms with Crippen molar-refractivity contribution in [2.24, 2.45) is 0 Å². The van der Waals surface area contributed by atoms with E-state index in [1.54, 1.807) is 0 Å². The molecule has 20 heavy (non-hydrogen) atoms. The molecule has 1 unspecified atom stereocenters. The van der Waals surface area contributed by atoms with Gasteiger partial charge in [-0.25, -0.2) is 4.39 Å². The Balaban J connectivity index is 2.59. The number of hydrogen-bond donors (Lipinski definition) is 1. The molecule has 2 nitrogen and oxygen atoms in total. The van der Waals surface area contributed by atoms with Crippen LogP contribution in [0.2, 0.25) is 0 Å². The second kappa shape index (κ2) is 7.47. The first kappa shape index (κ1) is 16.8. The fraction of sp³-hybridized carbons (Fsp3) is 0.571. The first-order valence-electron chi connectivity index (χ1n) is 6.56. The van der Waals surface area contributed by atoms with Crippen molar-refractivity contribution in [3.63, 3.8) is 0 Å². The van der Waals surface area contributed by atoms with Crippen LogP contribution >= 0.6 is 0 Å². The highest BCUT2D eigenvalue weighted by molar-refractivity contribution is 5.30. The Hall–Kier alpha value is -1.30. The minimum atomic E-state index is -4.27. The van der Waals surface area contributed by atoms with E-state index in [-0.39, 0.29) is 11.8 Å². The molecule has 1 N–H and O–H groups in total. The summed E-state index contributed by atoms with van der Waals surface area (Å²) in [6, 6.07) is 3.99. The molecule has 114 valence electrons. The summed E-state index contributed by atoms with van der Waals surface area (Å²) in [5.74, 6) is -0.371. The minimum Gasteiger partial charge on any atom is -0.493 e. The number of rotatable bonds is 7. The van der Waals surface area contributed by atoms with E-state index in [4.69, 9.17) is 4.74 Å². The summed E-state index contributed by atoms with van der Waals surface area (Å²) in [5.41, 5.74) is 0.474. The van der Waals surface area contributed by atoms with E-state index >= 15 is 0 Å². The van der Waals surface area contributed by atoms with Gasteiger partial charge in [0.2, 0.25) is 0 Å². The second-order valence-corrected chi connectivity index (χ2v) is 4.57. The van der Waals surface area contributed by atoms with Gasteiger partial charge in [0.1, 0.15) is 11.6 Å². The van der Waals surface area contributed by atoms with Crippen LogP contribution in [0.1, 0.15) is 38.3 Å². The Morgan fingerprint density at radius 1 is 1.30 bits per heavy atom. The molecule has 0 saturated carbocycles. The molecule has 1 aromatic rings. The van der Waals surface area contributed by atoms with Gasteiger partial charge in [0, 0.05) is 17.7 Å². The van der Waals surface area contributed by atoms with Gasteiger partial charge in [0.25, 0.3) is 0 Å². The van der Waals surface area contributed by atoms with Crippen LogP contribution in [0.15, 0.2) is 18.2 Å². The predicted molar refractivity (Wildman–Crippen MR) is 69.3 cm³/mol. The van der Waals surface area contributed by atoms with E-state index in [1.165, 1.54) is 12.1 Å².